The molecule has 2 atom stereocenters. The van der Waals surface area contributed by atoms with Crippen LogP contribution in [0.15, 0.2) is 29.4 Å². The lowest BCUT2D eigenvalue weighted by Gasteiger charge is -2.15. The summed E-state index contributed by atoms with van der Waals surface area (Å²) in [6, 6.07) is 5.95. The number of benzene rings is 1. The molecule has 0 bridgehead atoms. The molecule has 0 aromatic heterocycles. The highest BCUT2D eigenvalue weighted by molar-refractivity contribution is 5.95. The van der Waals surface area contributed by atoms with Crippen LogP contribution in [0.2, 0.25) is 0 Å². The van der Waals surface area contributed by atoms with E-state index in [0.29, 0.717) is 5.71 Å². The predicted molar refractivity (Wildman–Crippen MR) is 65.8 cm³/mol. The van der Waals surface area contributed by atoms with Gasteiger partial charge in [0.15, 0.2) is 0 Å². The van der Waals surface area contributed by atoms with Crippen LogP contribution in [0.3, 0.4) is 0 Å². The van der Waals surface area contributed by atoms with Gasteiger partial charge in [0.25, 0.3) is 5.69 Å². The maximum absolute atomic E-state index is 11.6. The minimum Gasteiger partial charge on any atom is -0.466 e. The van der Waals surface area contributed by atoms with Gasteiger partial charge in [0, 0.05) is 12.1 Å². The maximum Gasteiger partial charge on any atom is 0.351 e. The number of nitro groups is 1. The number of hydrogen-bond acceptors (Lipinski definition) is 6. The molecule has 0 saturated heterocycles. The monoisotopic (exact) mass is 264 g/mol. The molecule has 1 aliphatic rings. The fraction of sp³-hybridized carbons (Fsp3) is 0.333. The van der Waals surface area contributed by atoms with Crippen molar-refractivity contribution in [1.82, 2.24) is 0 Å². The molecule has 0 N–H and O–H groups in total. The second-order valence-corrected chi connectivity index (χ2v) is 4.11. The highest BCUT2D eigenvalue weighted by Crippen LogP contribution is 2.30. The molecular weight excluding hydrogens is 252 g/mol. The van der Waals surface area contributed by atoms with Crippen LogP contribution >= 0.6 is 0 Å². The van der Waals surface area contributed by atoms with E-state index < -0.39 is 17.0 Å². The molecule has 1 aromatic carbocycles. The van der Waals surface area contributed by atoms with Crippen molar-refractivity contribution >= 4 is 17.4 Å². The van der Waals surface area contributed by atoms with E-state index in [9.17, 15) is 14.9 Å². The molecule has 0 amide bonds. The smallest absolute Gasteiger partial charge is 0.351 e. The zero-order valence-corrected chi connectivity index (χ0v) is 10.4. The first kappa shape index (κ1) is 13.0. The quantitative estimate of drug-likeness (QED) is 0.470. The van der Waals surface area contributed by atoms with Gasteiger partial charge in [0.1, 0.15) is 0 Å². The van der Waals surface area contributed by atoms with Crippen molar-refractivity contribution in [3.63, 3.8) is 0 Å². The number of nitrogens with zero attached hydrogens (tertiary/aromatic N) is 2. The number of esters is 1. The van der Waals surface area contributed by atoms with Gasteiger partial charge in [-0.3, -0.25) is 10.1 Å². The molecule has 1 aromatic rings. The number of methoxy groups -OCH3 is 1. The van der Waals surface area contributed by atoms with Crippen LogP contribution in [0.5, 0.6) is 0 Å². The summed E-state index contributed by atoms with van der Waals surface area (Å²) in [6.07, 6.45) is -0.841. The molecule has 2 unspecified atom stereocenters. The highest BCUT2D eigenvalue weighted by atomic mass is 16.7. The summed E-state index contributed by atoms with van der Waals surface area (Å²) in [5, 5.41) is 14.4. The molecule has 7 heteroatoms. The largest absolute Gasteiger partial charge is 0.466 e. The van der Waals surface area contributed by atoms with Gasteiger partial charge in [-0.2, -0.15) is 0 Å². The van der Waals surface area contributed by atoms with Crippen LogP contribution in [-0.4, -0.2) is 29.8 Å². The van der Waals surface area contributed by atoms with Crippen molar-refractivity contribution in [1.29, 1.82) is 0 Å². The lowest BCUT2D eigenvalue weighted by molar-refractivity contribution is -0.384. The Bertz CT molecular complexity index is 538. The number of non-ortho nitro benzene ring substituents is 1. The molecule has 0 spiro atoms. The Kier molecular flexibility index (Phi) is 3.46. The highest BCUT2D eigenvalue weighted by Gasteiger charge is 2.39. The molecule has 19 heavy (non-hydrogen) atoms. The summed E-state index contributed by atoms with van der Waals surface area (Å²) >= 11 is 0. The van der Waals surface area contributed by atoms with E-state index in [4.69, 9.17) is 4.84 Å². The van der Waals surface area contributed by atoms with Crippen molar-refractivity contribution < 1.29 is 19.3 Å². The second kappa shape index (κ2) is 5.05. The molecule has 100 valence electrons. The van der Waals surface area contributed by atoms with Crippen molar-refractivity contribution in [3.8, 4) is 0 Å². The van der Waals surface area contributed by atoms with Gasteiger partial charge in [-0.1, -0.05) is 17.3 Å². The van der Waals surface area contributed by atoms with Crippen molar-refractivity contribution in [2.45, 2.75) is 18.9 Å². The molecule has 0 fully saturated rings. The van der Waals surface area contributed by atoms with E-state index in [1.807, 2.05) is 0 Å². The first-order chi connectivity index (χ1) is 9.04. The van der Waals surface area contributed by atoms with E-state index in [1.165, 1.54) is 19.2 Å². The molecule has 0 aliphatic carbocycles. The van der Waals surface area contributed by atoms with Crippen LogP contribution in [-0.2, 0) is 14.4 Å². The van der Waals surface area contributed by atoms with Crippen LogP contribution in [0.25, 0.3) is 0 Å². The average Bonchev–Trinajstić information content (AvgIpc) is 2.80. The molecule has 1 aliphatic heterocycles. The number of rotatable bonds is 3. The van der Waals surface area contributed by atoms with Crippen LogP contribution in [0.4, 0.5) is 5.69 Å². The fourth-order valence-electron chi connectivity index (χ4n) is 1.99. The Labute approximate surface area is 109 Å². The minimum atomic E-state index is -0.841. The lowest BCUT2D eigenvalue weighted by Crippen LogP contribution is -2.29. The fourth-order valence-corrected chi connectivity index (χ4v) is 1.99. The van der Waals surface area contributed by atoms with E-state index in [-0.39, 0.29) is 11.6 Å². The van der Waals surface area contributed by atoms with Crippen LogP contribution in [0.1, 0.15) is 18.4 Å². The Balaban J connectivity index is 2.30. The Morgan fingerprint density at radius 1 is 1.42 bits per heavy atom. The number of oxime groups is 1. The lowest BCUT2D eigenvalue weighted by atomic mass is 9.90. The van der Waals surface area contributed by atoms with Gasteiger partial charge in [0.05, 0.1) is 23.7 Å². The van der Waals surface area contributed by atoms with Crippen LogP contribution in [0, 0.1) is 10.1 Å². The van der Waals surface area contributed by atoms with E-state index in [1.54, 1.807) is 19.1 Å². The molecule has 1 heterocycles. The van der Waals surface area contributed by atoms with Gasteiger partial charge in [-0.15, -0.1) is 0 Å². The van der Waals surface area contributed by atoms with Gasteiger partial charge in [-0.05, 0) is 12.5 Å². The van der Waals surface area contributed by atoms with Crippen molar-refractivity contribution in [2.24, 2.45) is 5.16 Å². The summed E-state index contributed by atoms with van der Waals surface area (Å²) in [4.78, 5) is 26.8. The predicted octanol–water partition coefficient (Wildman–Crippen LogP) is 1.63. The van der Waals surface area contributed by atoms with E-state index in [0.717, 1.165) is 5.56 Å². The number of hydrogen-bond donors (Lipinski definition) is 0. The minimum absolute atomic E-state index is 0.00752. The third-order valence-corrected chi connectivity index (χ3v) is 2.96. The first-order valence-electron chi connectivity index (χ1n) is 5.57. The van der Waals surface area contributed by atoms with Gasteiger partial charge < -0.3 is 9.57 Å². The van der Waals surface area contributed by atoms with Crippen molar-refractivity contribution in [3.05, 3.63) is 39.9 Å². The third kappa shape index (κ3) is 2.40. The van der Waals surface area contributed by atoms with Crippen molar-refractivity contribution in [2.75, 3.05) is 7.11 Å². The number of nitro benzene ring substituents is 1. The summed E-state index contributed by atoms with van der Waals surface area (Å²) in [6.45, 7) is 1.73. The standard InChI is InChI=1S/C12H12N2O5/c1-7-10(11(19-13-7)12(15)18-2)8-3-5-9(6-4-8)14(16)17/h3-6,10-11H,1-2H3. The molecule has 7 nitrogen and oxygen atoms in total. The number of ether oxygens (including phenoxy) is 1. The van der Waals surface area contributed by atoms with Gasteiger partial charge in [-0.25, -0.2) is 4.79 Å². The summed E-state index contributed by atoms with van der Waals surface area (Å²) in [7, 11) is 1.27. The topological polar surface area (TPSA) is 91.0 Å². The van der Waals surface area contributed by atoms with Gasteiger partial charge >= 0.3 is 5.97 Å². The Morgan fingerprint density at radius 2 is 2.05 bits per heavy atom. The summed E-state index contributed by atoms with van der Waals surface area (Å²) in [5.41, 5.74) is 1.34. The molecular formula is C12H12N2O5. The normalized spacial score (nSPS) is 21.5. The molecule has 0 radical (unpaired) electrons. The van der Waals surface area contributed by atoms with Gasteiger partial charge in [0.2, 0.25) is 6.10 Å². The Hall–Kier alpha value is -2.44. The SMILES string of the molecule is COC(=O)C1ON=C(C)C1c1ccc([N+](=O)[O-])cc1. The molecule has 2 rings (SSSR count). The summed E-state index contributed by atoms with van der Waals surface area (Å²) < 4.78 is 4.65. The number of carbonyl (C=O) groups excluding carboxylic acids is 1. The molecule has 0 saturated carbocycles. The zero-order valence-electron chi connectivity index (χ0n) is 10.4. The third-order valence-electron chi connectivity index (χ3n) is 2.96. The van der Waals surface area contributed by atoms with Crippen LogP contribution < -0.4 is 0 Å². The summed E-state index contributed by atoms with van der Waals surface area (Å²) in [5.74, 6) is -0.905. The second-order valence-electron chi connectivity index (χ2n) is 4.11. The average molecular weight is 264 g/mol. The zero-order chi connectivity index (χ0) is 14.0. The van der Waals surface area contributed by atoms with E-state index >= 15 is 0 Å². The first-order valence-corrected chi connectivity index (χ1v) is 5.57. The maximum atomic E-state index is 11.6. The van der Waals surface area contributed by atoms with E-state index in [2.05, 4.69) is 9.89 Å². The Morgan fingerprint density at radius 3 is 2.58 bits per heavy atom. The number of carbonyl (C=O) groups is 1.